The van der Waals surface area contributed by atoms with E-state index < -0.39 is 0 Å². The maximum atomic E-state index is 12.3. The van der Waals surface area contributed by atoms with Gasteiger partial charge in [-0.25, -0.2) is 4.98 Å². The Morgan fingerprint density at radius 3 is 2.39 bits per heavy atom. The molecule has 1 aromatic heterocycles. The lowest BCUT2D eigenvalue weighted by molar-refractivity contribution is 0.0950. The Kier molecular flexibility index (Phi) is 11.2. The Bertz CT molecular complexity index is 750. The van der Waals surface area contributed by atoms with Gasteiger partial charge in [0.05, 0.1) is 0 Å². The van der Waals surface area contributed by atoms with Crippen molar-refractivity contribution in [3.05, 3.63) is 53.2 Å². The number of nitrogen functional groups attached to an aromatic ring is 1. The van der Waals surface area contributed by atoms with E-state index >= 15 is 0 Å². The van der Waals surface area contributed by atoms with Crippen LogP contribution in [0.25, 0.3) is 0 Å². The molecule has 6 nitrogen and oxygen atoms in total. The monoisotopic (exact) mass is 447 g/mol. The predicted octanol–water partition coefficient (Wildman–Crippen LogP) is 2.92. The fourth-order valence-electron chi connectivity index (χ4n) is 2.91. The molecule has 0 unspecified atom stereocenters. The number of nitrogens with one attached hydrogen (secondary N) is 1. The van der Waals surface area contributed by atoms with Gasteiger partial charge < -0.3 is 20.9 Å². The normalized spacial score (nSPS) is 13.6. The van der Waals surface area contributed by atoms with E-state index in [1.54, 1.807) is 12.1 Å². The van der Waals surface area contributed by atoms with E-state index in [1.807, 2.05) is 31.3 Å². The highest BCUT2D eigenvalue weighted by Gasteiger charge is 2.15. The molecule has 156 valence electrons. The summed E-state index contributed by atoms with van der Waals surface area (Å²) in [5, 5.41) is 2.93. The molecule has 1 amide bonds. The molecule has 3 rings (SSSR count). The van der Waals surface area contributed by atoms with Crippen molar-refractivity contribution < 1.29 is 4.79 Å². The van der Waals surface area contributed by atoms with E-state index in [0.717, 1.165) is 43.1 Å². The number of aromatic nitrogens is 1. The lowest BCUT2D eigenvalue weighted by atomic mass is 10.1. The van der Waals surface area contributed by atoms with Crippen molar-refractivity contribution in [2.45, 2.75) is 13.5 Å². The summed E-state index contributed by atoms with van der Waals surface area (Å²) in [5.41, 5.74) is 8.87. The van der Waals surface area contributed by atoms with Gasteiger partial charge in [0.1, 0.15) is 5.82 Å². The number of anilines is 2. The second-order valence-electron chi connectivity index (χ2n) is 6.57. The zero-order valence-electron chi connectivity index (χ0n) is 16.1. The van der Waals surface area contributed by atoms with Crippen LogP contribution in [0.3, 0.4) is 0 Å². The Morgan fingerprint density at radius 1 is 1.11 bits per heavy atom. The van der Waals surface area contributed by atoms with E-state index in [1.165, 1.54) is 0 Å². The average Bonchev–Trinajstić information content (AvgIpc) is 2.63. The molecule has 1 fully saturated rings. The highest BCUT2D eigenvalue weighted by atomic mass is 35.5. The first-order valence-electron chi connectivity index (χ1n) is 8.55. The van der Waals surface area contributed by atoms with E-state index in [9.17, 15) is 4.79 Å². The Hall–Kier alpha value is -1.73. The number of aryl methyl sites for hydroxylation is 1. The molecule has 0 aliphatic carbocycles. The molecule has 9 heteroatoms. The molecule has 0 atom stereocenters. The summed E-state index contributed by atoms with van der Waals surface area (Å²) in [4.78, 5) is 21.5. The van der Waals surface area contributed by atoms with E-state index in [-0.39, 0.29) is 43.1 Å². The van der Waals surface area contributed by atoms with E-state index in [4.69, 9.17) is 5.73 Å². The molecular formula is C19H28Cl3N5O. The minimum Gasteiger partial charge on any atom is -0.399 e. The van der Waals surface area contributed by atoms with E-state index in [0.29, 0.717) is 17.8 Å². The van der Waals surface area contributed by atoms with Crippen LogP contribution in [0.5, 0.6) is 0 Å². The third-order valence-electron chi connectivity index (χ3n) is 4.60. The Morgan fingerprint density at radius 2 is 1.79 bits per heavy atom. The number of carbonyl (C=O) groups excluding carboxylic acids is 1. The number of nitrogens with zero attached hydrogens (tertiary/aromatic N) is 3. The molecule has 0 bridgehead atoms. The van der Waals surface area contributed by atoms with Crippen molar-refractivity contribution >= 4 is 54.6 Å². The van der Waals surface area contributed by atoms with Gasteiger partial charge in [-0.3, -0.25) is 4.79 Å². The van der Waals surface area contributed by atoms with Gasteiger partial charge in [-0.15, -0.1) is 37.2 Å². The predicted molar refractivity (Wildman–Crippen MR) is 122 cm³/mol. The lowest BCUT2D eigenvalue weighted by Gasteiger charge is -2.33. The zero-order valence-corrected chi connectivity index (χ0v) is 18.5. The van der Waals surface area contributed by atoms with Crippen molar-refractivity contribution in [2.75, 3.05) is 43.9 Å². The highest BCUT2D eigenvalue weighted by molar-refractivity contribution is 5.96. The zero-order chi connectivity index (χ0) is 17.8. The van der Waals surface area contributed by atoms with Gasteiger partial charge in [-0.05, 0) is 43.3 Å². The molecule has 0 saturated carbocycles. The van der Waals surface area contributed by atoms with Crippen LogP contribution in [0.15, 0.2) is 36.5 Å². The van der Waals surface area contributed by atoms with Gasteiger partial charge in [0.15, 0.2) is 0 Å². The lowest BCUT2D eigenvalue weighted by Crippen LogP contribution is -2.44. The Balaban J connectivity index is 0.00000243. The summed E-state index contributed by atoms with van der Waals surface area (Å²) in [7, 11) is 2.14. The topological polar surface area (TPSA) is 74.5 Å². The molecule has 2 aromatic rings. The number of likely N-dealkylation sites (N-methyl/N-ethyl adjacent to an activating group) is 1. The summed E-state index contributed by atoms with van der Waals surface area (Å²) in [6, 6.07) is 9.41. The van der Waals surface area contributed by atoms with Crippen molar-refractivity contribution in [1.82, 2.24) is 15.2 Å². The molecule has 1 saturated heterocycles. The molecule has 0 radical (unpaired) electrons. The largest absolute Gasteiger partial charge is 0.399 e. The van der Waals surface area contributed by atoms with Crippen LogP contribution in [-0.2, 0) is 6.54 Å². The van der Waals surface area contributed by atoms with Crippen LogP contribution in [-0.4, -0.2) is 49.0 Å². The average molecular weight is 449 g/mol. The molecule has 1 aliphatic heterocycles. The highest BCUT2D eigenvalue weighted by Crippen LogP contribution is 2.15. The number of piperazine rings is 1. The smallest absolute Gasteiger partial charge is 0.251 e. The fourth-order valence-corrected chi connectivity index (χ4v) is 2.91. The molecule has 28 heavy (non-hydrogen) atoms. The van der Waals surface area contributed by atoms with Crippen molar-refractivity contribution in [2.24, 2.45) is 0 Å². The third-order valence-corrected chi connectivity index (χ3v) is 4.60. The quantitative estimate of drug-likeness (QED) is 0.704. The summed E-state index contributed by atoms with van der Waals surface area (Å²) in [6.07, 6.45) is 1.83. The SMILES string of the molecule is Cc1ccc(N)cc1C(=O)NCc1ccc(N2CCN(C)CC2)nc1.Cl.Cl.Cl. The van der Waals surface area contributed by atoms with E-state index in [2.05, 4.69) is 27.1 Å². The molecular weight excluding hydrogens is 421 g/mol. The van der Waals surface area contributed by atoms with Crippen molar-refractivity contribution in [3.8, 4) is 0 Å². The number of hydrogen-bond acceptors (Lipinski definition) is 5. The van der Waals surface area contributed by atoms with Gasteiger partial charge in [0.25, 0.3) is 5.91 Å². The van der Waals surface area contributed by atoms with Crippen LogP contribution < -0.4 is 16.0 Å². The van der Waals surface area contributed by atoms with Crippen LogP contribution >= 0.6 is 37.2 Å². The number of carbonyl (C=O) groups is 1. The maximum Gasteiger partial charge on any atom is 0.251 e. The number of pyridine rings is 1. The molecule has 0 spiro atoms. The molecule has 1 aromatic carbocycles. The number of benzene rings is 1. The summed E-state index contributed by atoms with van der Waals surface area (Å²) >= 11 is 0. The summed E-state index contributed by atoms with van der Waals surface area (Å²) in [6.45, 7) is 6.45. The first-order chi connectivity index (χ1) is 12.0. The van der Waals surface area contributed by atoms with Crippen LogP contribution in [0.4, 0.5) is 11.5 Å². The molecule has 2 heterocycles. The Labute approximate surface area is 185 Å². The second-order valence-corrected chi connectivity index (χ2v) is 6.57. The molecule has 1 aliphatic rings. The van der Waals surface area contributed by atoms with Crippen LogP contribution in [0.1, 0.15) is 21.5 Å². The summed E-state index contributed by atoms with van der Waals surface area (Å²) < 4.78 is 0. The van der Waals surface area contributed by atoms with Crippen LogP contribution in [0.2, 0.25) is 0 Å². The number of rotatable bonds is 4. The van der Waals surface area contributed by atoms with Crippen LogP contribution in [0, 0.1) is 6.92 Å². The van der Waals surface area contributed by atoms with Gasteiger partial charge in [-0.1, -0.05) is 12.1 Å². The second kappa shape index (κ2) is 12.0. The first kappa shape index (κ1) is 26.3. The maximum absolute atomic E-state index is 12.3. The number of halogens is 3. The van der Waals surface area contributed by atoms with Gasteiger partial charge in [-0.2, -0.15) is 0 Å². The third kappa shape index (κ3) is 6.71. The molecule has 3 N–H and O–H groups in total. The van der Waals surface area contributed by atoms with Crippen molar-refractivity contribution in [3.63, 3.8) is 0 Å². The van der Waals surface area contributed by atoms with Gasteiger partial charge >= 0.3 is 0 Å². The minimum absolute atomic E-state index is 0. The van der Waals surface area contributed by atoms with Gasteiger partial charge in [0.2, 0.25) is 0 Å². The minimum atomic E-state index is -0.118. The van der Waals surface area contributed by atoms with Crippen molar-refractivity contribution in [1.29, 1.82) is 0 Å². The standard InChI is InChI=1S/C19H25N5O.3ClH/c1-14-3-5-16(20)11-17(14)19(25)22-13-15-4-6-18(21-12-15)24-9-7-23(2)8-10-24;;;/h3-6,11-12H,7-10,13,20H2,1-2H3,(H,22,25);3*1H. The first-order valence-corrected chi connectivity index (χ1v) is 8.55. The number of nitrogens with two attached hydrogens (primary N) is 1. The summed E-state index contributed by atoms with van der Waals surface area (Å²) in [5.74, 6) is 0.878. The van der Waals surface area contributed by atoms with Gasteiger partial charge in [0, 0.05) is 50.2 Å². The fraction of sp³-hybridized carbons (Fsp3) is 0.368. The number of hydrogen-bond donors (Lipinski definition) is 2. The number of amides is 1.